The summed E-state index contributed by atoms with van der Waals surface area (Å²) >= 11 is 0. The minimum absolute atomic E-state index is 0.136. The molecule has 0 bridgehead atoms. The monoisotopic (exact) mass is 520 g/mol. The summed E-state index contributed by atoms with van der Waals surface area (Å²) in [6, 6.07) is 21.4. The Morgan fingerprint density at radius 1 is 1.00 bits per heavy atom. The van der Waals surface area contributed by atoms with Crippen molar-refractivity contribution in [3.63, 3.8) is 0 Å². The lowest BCUT2D eigenvalue weighted by Crippen LogP contribution is -2.31. The van der Waals surface area contributed by atoms with Gasteiger partial charge in [-0.3, -0.25) is 0 Å². The van der Waals surface area contributed by atoms with Gasteiger partial charge in [-0.2, -0.15) is 0 Å². The van der Waals surface area contributed by atoms with Crippen molar-refractivity contribution in [2.75, 3.05) is 18.4 Å². The molecule has 2 aliphatic rings. The predicted octanol–water partition coefficient (Wildman–Crippen LogP) is 6.36. The molecule has 1 heterocycles. The topological polar surface area (TPSA) is 64.4 Å². The van der Waals surface area contributed by atoms with Gasteiger partial charge in [-0.25, -0.2) is 4.58 Å². The number of benzene rings is 3. The van der Waals surface area contributed by atoms with E-state index in [0.29, 0.717) is 0 Å². The van der Waals surface area contributed by atoms with Crippen molar-refractivity contribution >= 4 is 23.1 Å². The molecule has 1 aliphatic carbocycles. The Balaban J connectivity index is 1.63. The number of carbonyl (C=O) groups excluding carboxylic acids is 1. The minimum atomic E-state index is -1.17. The quantitative estimate of drug-likeness (QED) is 0.263. The van der Waals surface area contributed by atoms with E-state index in [2.05, 4.69) is 61.0 Å². The van der Waals surface area contributed by atoms with E-state index in [9.17, 15) is 9.90 Å². The van der Waals surface area contributed by atoms with Gasteiger partial charge in [-0.15, -0.1) is 0 Å². The number of hydrogen-bond acceptors (Lipinski definition) is 4. The fourth-order valence-corrected chi connectivity index (χ4v) is 5.66. The summed E-state index contributed by atoms with van der Waals surface area (Å²) in [4.78, 5) is 12.2. The maximum Gasteiger partial charge on any atom is 0.203 e. The van der Waals surface area contributed by atoms with Crippen LogP contribution in [-0.4, -0.2) is 29.3 Å². The van der Waals surface area contributed by atoms with E-state index in [1.165, 1.54) is 12.8 Å². The molecule has 39 heavy (non-hydrogen) atoms. The lowest BCUT2D eigenvalue weighted by atomic mass is 9.74. The number of ether oxygens (including phenoxy) is 1. The van der Waals surface area contributed by atoms with Crippen molar-refractivity contribution in [2.24, 2.45) is 5.92 Å². The van der Waals surface area contributed by atoms with Gasteiger partial charge in [0.15, 0.2) is 0 Å². The molecule has 2 atom stereocenters. The molecule has 5 rings (SSSR count). The maximum atomic E-state index is 12.2. The normalized spacial score (nSPS) is 18.9. The third-order valence-corrected chi connectivity index (χ3v) is 7.72. The Morgan fingerprint density at radius 2 is 1.77 bits per heavy atom. The number of para-hydroxylation sites is 1. The molecule has 0 fully saturated rings. The highest BCUT2D eigenvalue weighted by Crippen LogP contribution is 2.49. The number of carboxylic acids is 1. The Hall–Kier alpha value is -4.12. The first kappa shape index (κ1) is 26.5. The molecule has 0 spiro atoms. The number of nitrogens with one attached hydrogen (secondary N) is 1. The zero-order chi connectivity index (χ0) is 27.4. The van der Waals surface area contributed by atoms with E-state index in [0.717, 1.165) is 64.8 Å². The van der Waals surface area contributed by atoms with Gasteiger partial charge >= 0.3 is 0 Å². The highest BCUT2D eigenvalue weighted by atomic mass is 16.5. The first-order chi connectivity index (χ1) is 19.0. The fourth-order valence-electron chi connectivity index (χ4n) is 5.66. The van der Waals surface area contributed by atoms with E-state index >= 15 is 0 Å². The Bertz CT molecular complexity index is 1450. The van der Waals surface area contributed by atoms with Crippen LogP contribution in [0, 0.1) is 12.8 Å². The van der Waals surface area contributed by atoms with Gasteiger partial charge < -0.3 is 20.0 Å². The minimum Gasteiger partial charge on any atom is -0.545 e. The summed E-state index contributed by atoms with van der Waals surface area (Å²) in [5.41, 5.74) is 6.04. The molecule has 1 aliphatic heterocycles. The highest BCUT2D eigenvalue weighted by Gasteiger charge is 2.38. The number of anilines is 2. The van der Waals surface area contributed by atoms with Crippen LogP contribution in [0.3, 0.4) is 0 Å². The number of aryl methyl sites for hydroxylation is 1. The molecule has 3 aromatic rings. The number of aromatic carboxylic acids is 1. The van der Waals surface area contributed by atoms with Gasteiger partial charge in [0.2, 0.25) is 5.71 Å². The van der Waals surface area contributed by atoms with Crippen molar-refractivity contribution in [3.05, 3.63) is 113 Å². The maximum absolute atomic E-state index is 12.2. The molecule has 0 amide bonds. The molecule has 2 unspecified atom stereocenters. The van der Waals surface area contributed by atoms with E-state index in [1.54, 1.807) is 12.1 Å². The molecule has 5 nitrogen and oxygen atoms in total. The predicted molar refractivity (Wildman–Crippen MR) is 155 cm³/mol. The van der Waals surface area contributed by atoms with Crippen LogP contribution in [0.25, 0.3) is 0 Å². The standard InChI is InChI=1S/C34H36N2O3/c1-4-6-12-19-36(5-2)25-17-18-28-32(21-25)39-31-20-23(3)30(35-24-13-8-7-9-14-24)22-29(31)33(28)26-15-10-11-16-27(26)34(37)38/h7-11,13-18,20-22,28,33,35H,4-6,12,19H2,1-3H3. The number of unbranched alkanes of at least 4 members (excludes halogenated alkanes) is 2. The van der Waals surface area contributed by atoms with Crippen LogP contribution in [0.2, 0.25) is 0 Å². The molecule has 0 radical (unpaired) electrons. The van der Waals surface area contributed by atoms with E-state index in [1.807, 2.05) is 42.5 Å². The zero-order valence-corrected chi connectivity index (χ0v) is 22.9. The molecule has 200 valence electrons. The van der Waals surface area contributed by atoms with E-state index in [4.69, 9.17) is 4.74 Å². The average Bonchev–Trinajstić information content (AvgIpc) is 2.95. The van der Waals surface area contributed by atoms with Gasteiger partial charge in [0.05, 0.1) is 5.97 Å². The largest absolute Gasteiger partial charge is 0.545 e. The van der Waals surface area contributed by atoms with Gasteiger partial charge in [-0.1, -0.05) is 61.9 Å². The second kappa shape index (κ2) is 11.7. The van der Waals surface area contributed by atoms with Gasteiger partial charge in [-0.05, 0) is 55.7 Å². The van der Waals surface area contributed by atoms with Crippen LogP contribution >= 0.6 is 0 Å². The smallest absolute Gasteiger partial charge is 0.203 e. The number of carboxylic acid groups (broad SMARTS) is 1. The van der Waals surface area contributed by atoms with Crippen LogP contribution < -0.4 is 15.2 Å². The fraction of sp³-hybridized carbons (Fsp3) is 0.294. The van der Waals surface area contributed by atoms with Crippen molar-refractivity contribution < 1.29 is 19.2 Å². The third-order valence-electron chi connectivity index (χ3n) is 7.72. The second-order valence-corrected chi connectivity index (χ2v) is 10.3. The molecule has 0 saturated heterocycles. The molecule has 1 N–H and O–H groups in total. The SMILES string of the molecule is CCCCC[N+](CC)=C1C=CC2C(=C1)Oc1cc(C)c(Nc3ccccc3)cc1C2c1ccccc1C(=O)[O-]. The summed E-state index contributed by atoms with van der Waals surface area (Å²) < 4.78 is 8.98. The van der Waals surface area contributed by atoms with Crippen molar-refractivity contribution in [2.45, 2.75) is 46.0 Å². The average molecular weight is 521 g/mol. The molecule has 5 heteroatoms. The Kier molecular flexibility index (Phi) is 7.97. The van der Waals surface area contributed by atoms with Crippen LogP contribution in [0.4, 0.5) is 11.4 Å². The van der Waals surface area contributed by atoms with Crippen molar-refractivity contribution in [3.8, 4) is 5.75 Å². The number of rotatable bonds is 9. The first-order valence-corrected chi connectivity index (χ1v) is 14.0. The summed E-state index contributed by atoms with van der Waals surface area (Å²) in [7, 11) is 0. The Morgan fingerprint density at radius 3 is 2.51 bits per heavy atom. The summed E-state index contributed by atoms with van der Waals surface area (Å²) in [6.45, 7) is 8.37. The second-order valence-electron chi connectivity index (χ2n) is 10.3. The van der Waals surface area contributed by atoms with Crippen LogP contribution in [0.1, 0.15) is 66.1 Å². The summed E-state index contributed by atoms with van der Waals surface area (Å²) in [5.74, 6) is 0.0621. The third kappa shape index (κ3) is 5.53. The lowest BCUT2D eigenvalue weighted by Gasteiger charge is -2.37. The van der Waals surface area contributed by atoms with Crippen molar-refractivity contribution in [1.29, 1.82) is 0 Å². The number of hydrogen-bond donors (Lipinski definition) is 1. The van der Waals surface area contributed by atoms with Crippen LogP contribution in [-0.2, 0) is 0 Å². The highest BCUT2D eigenvalue weighted by molar-refractivity contribution is 6.02. The van der Waals surface area contributed by atoms with Gasteiger partial charge in [0, 0.05) is 52.9 Å². The number of fused-ring (bicyclic) bond motifs is 2. The number of carbonyl (C=O) groups is 1. The van der Waals surface area contributed by atoms with Crippen molar-refractivity contribution in [1.82, 2.24) is 0 Å². The van der Waals surface area contributed by atoms with Crippen LogP contribution in [0.15, 0.2) is 90.7 Å². The first-order valence-electron chi connectivity index (χ1n) is 14.0. The summed E-state index contributed by atoms with van der Waals surface area (Å²) in [6.07, 6.45) is 10.0. The summed E-state index contributed by atoms with van der Waals surface area (Å²) in [5, 5.41) is 15.7. The van der Waals surface area contributed by atoms with Gasteiger partial charge in [0.25, 0.3) is 0 Å². The number of nitrogens with zero attached hydrogens (tertiary/aromatic N) is 1. The van der Waals surface area contributed by atoms with E-state index < -0.39 is 5.97 Å². The molecular formula is C34H36N2O3. The lowest BCUT2D eigenvalue weighted by molar-refractivity contribution is -0.523. The molecular weight excluding hydrogens is 484 g/mol. The van der Waals surface area contributed by atoms with Crippen LogP contribution in [0.5, 0.6) is 5.75 Å². The zero-order valence-electron chi connectivity index (χ0n) is 22.9. The molecule has 0 saturated carbocycles. The number of allylic oxidation sites excluding steroid dienone is 3. The van der Waals surface area contributed by atoms with Gasteiger partial charge in [0.1, 0.15) is 24.6 Å². The Labute approximate surface area is 231 Å². The molecule has 3 aromatic carbocycles. The molecule has 0 aromatic heterocycles. The van der Waals surface area contributed by atoms with E-state index in [-0.39, 0.29) is 17.4 Å².